The van der Waals surface area contributed by atoms with Gasteiger partial charge in [0.25, 0.3) is 0 Å². The van der Waals surface area contributed by atoms with Crippen molar-refractivity contribution >= 4 is 23.6 Å². The highest BCUT2D eigenvalue weighted by Gasteiger charge is 2.20. The van der Waals surface area contributed by atoms with Crippen molar-refractivity contribution < 1.29 is 19.1 Å². The summed E-state index contributed by atoms with van der Waals surface area (Å²) in [6, 6.07) is 5.86. The summed E-state index contributed by atoms with van der Waals surface area (Å²) in [5, 5.41) is 8.78. The van der Waals surface area contributed by atoms with Crippen LogP contribution in [0.15, 0.2) is 24.3 Å². The van der Waals surface area contributed by atoms with E-state index >= 15 is 0 Å². The molecule has 0 radical (unpaired) electrons. The summed E-state index contributed by atoms with van der Waals surface area (Å²) in [5.74, 6) is -0.350. The van der Waals surface area contributed by atoms with Crippen molar-refractivity contribution in [2.45, 2.75) is 32.1 Å². The molecule has 21 heavy (non-hydrogen) atoms. The number of halogens is 1. The molecule has 0 aliphatic rings. The van der Waals surface area contributed by atoms with Gasteiger partial charge in [-0.1, -0.05) is 12.1 Å². The Morgan fingerprint density at radius 1 is 1.33 bits per heavy atom. The van der Waals surface area contributed by atoms with Gasteiger partial charge in [0.2, 0.25) is 5.91 Å². The summed E-state index contributed by atoms with van der Waals surface area (Å²) in [4.78, 5) is 24.4. The van der Waals surface area contributed by atoms with E-state index in [-0.39, 0.29) is 29.9 Å². The van der Waals surface area contributed by atoms with Gasteiger partial charge in [-0.2, -0.15) is 0 Å². The quantitative estimate of drug-likeness (QED) is 0.802. The lowest BCUT2D eigenvalue weighted by atomic mass is 10.2. The van der Waals surface area contributed by atoms with Crippen LogP contribution in [0, 0.1) is 5.82 Å². The third kappa shape index (κ3) is 6.16. The van der Waals surface area contributed by atoms with Crippen LogP contribution in [0.25, 0.3) is 0 Å². The van der Waals surface area contributed by atoms with Crippen molar-refractivity contribution in [3.05, 3.63) is 35.6 Å². The zero-order valence-corrected chi connectivity index (χ0v) is 13.0. The van der Waals surface area contributed by atoms with E-state index in [1.807, 2.05) is 6.92 Å². The molecule has 1 amide bonds. The van der Waals surface area contributed by atoms with Crippen LogP contribution in [0.5, 0.6) is 0 Å². The maximum Gasteiger partial charge on any atom is 0.305 e. The van der Waals surface area contributed by atoms with Crippen LogP contribution in [0.3, 0.4) is 0 Å². The Kier molecular flexibility index (Phi) is 7.22. The minimum Gasteiger partial charge on any atom is -0.481 e. The third-order valence-corrected chi connectivity index (χ3v) is 4.06. The van der Waals surface area contributed by atoms with Crippen LogP contribution < -0.4 is 0 Å². The fraction of sp³-hybridized carbons (Fsp3) is 0.467. The van der Waals surface area contributed by atoms with E-state index in [1.165, 1.54) is 23.9 Å². The maximum atomic E-state index is 12.8. The largest absolute Gasteiger partial charge is 0.481 e. The second-order valence-corrected chi connectivity index (χ2v) is 5.73. The highest BCUT2D eigenvalue weighted by Crippen LogP contribution is 2.15. The molecule has 0 aliphatic carbocycles. The molecule has 1 aromatic carbocycles. The number of hydrogen-bond donors (Lipinski definition) is 1. The normalized spacial score (nSPS) is 12.0. The van der Waals surface area contributed by atoms with Gasteiger partial charge in [0, 0.05) is 18.3 Å². The number of rotatable bonds is 8. The molecule has 0 aromatic heterocycles. The number of carboxylic acid groups (broad SMARTS) is 1. The molecule has 1 aromatic rings. The number of carboxylic acids is 1. The number of hydrogen-bond acceptors (Lipinski definition) is 3. The third-order valence-electron chi connectivity index (χ3n) is 3.07. The lowest BCUT2D eigenvalue weighted by molar-refractivity contribution is -0.139. The SMILES string of the molecule is CCN(C(=O)CSCc1ccc(F)cc1)C(C)CC(=O)O. The highest BCUT2D eigenvalue weighted by molar-refractivity contribution is 7.99. The first kappa shape index (κ1) is 17.5. The van der Waals surface area contributed by atoms with Crippen LogP contribution in [-0.2, 0) is 15.3 Å². The van der Waals surface area contributed by atoms with Gasteiger partial charge in [0.1, 0.15) is 5.82 Å². The van der Waals surface area contributed by atoms with E-state index in [2.05, 4.69) is 0 Å². The molecule has 0 saturated carbocycles. The van der Waals surface area contributed by atoms with E-state index < -0.39 is 5.97 Å². The topological polar surface area (TPSA) is 57.6 Å². The van der Waals surface area contributed by atoms with Crippen LogP contribution in [-0.4, -0.2) is 40.2 Å². The summed E-state index contributed by atoms with van der Waals surface area (Å²) in [6.07, 6.45) is -0.0534. The molecule has 1 rings (SSSR count). The van der Waals surface area contributed by atoms with Crippen LogP contribution in [0.2, 0.25) is 0 Å². The Balaban J connectivity index is 2.43. The fourth-order valence-electron chi connectivity index (χ4n) is 2.02. The number of carbonyl (C=O) groups is 2. The van der Waals surface area contributed by atoms with Crippen molar-refractivity contribution in [1.29, 1.82) is 0 Å². The van der Waals surface area contributed by atoms with Crippen molar-refractivity contribution in [3.8, 4) is 0 Å². The lowest BCUT2D eigenvalue weighted by Gasteiger charge is -2.27. The first-order valence-corrected chi connectivity index (χ1v) is 7.93. The summed E-state index contributed by atoms with van der Waals surface area (Å²) in [5.41, 5.74) is 0.954. The predicted molar refractivity (Wildman–Crippen MR) is 81.7 cm³/mol. The molecule has 0 heterocycles. The zero-order chi connectivity index (χ0) is 15.8. The second kappa shape index (κ2) is 8.67. The van der Waals surface area contributed by atoms with Gasteiger partial charge in [-0.25, -0.2) is 4.39 Å². The van der Waals surface area contributed by atoms with Gasteiger partial charge in [0.05, 0.1) is 12.2 Å². The molecule has 0 spiro atoms. The Hall–Kier alpha value is -1.56. The van der Waals surface area contributed by atoms with E-state index in [0.29, 0.717) is 12.3 Å². The maximum absolute atomic E-state index is 12.8. The molecule has 116 valence electrons. The Morgan fingerprint density at radius 2 is 1.95 bits per heavy atom. The number of amides is 1. The molecular formula is C15H20FNO3S. The van der Waals surface area contributed by atoms with Gasteiger partial charge >= 0.3 is 5.97 Å². The molecular weight excluding hydrogens is 293 g/mol. The average molecular weight is 313 g/mol. The second-order valence-electron chi connectivity index (χ2n) is 4.75. The summed E-state index contributed by atoms with van der Waals surface area (Å²) < 4.78 is 12.8. The number of aliphatic carboxylic acids is 1. The fourth-order valence-corrected chi connectivity index (χ4v) is 2.89. The summed E-state index contributed by atoms with van der Waals surface area (Å²) in [6.45, 7) is 4.06. The number of nitrogens with zero attached hydrogens (tertiary/aromatic N) is 1. The molecule has 0 bridgehead atoms. The van der Waals surface area contributed by atoms with Gasteiger partial charge in [0.15, 0.2) is 0 Å². The number of thioether (sulfide) groups is 1. The van der Waals surface area contributed by atoms with Crippen molar-refractivity contribution in [1.82, 2.24) is 4.90 Å². The van der Waals surface area contributed by atoms with Crippen LogP contribution >= 0.6 is 11.8 Å². The average Bonchev–Trinajstić information content (AvgIpc) is 2.41. The Bertz CT molecular complexity index is 478. The number of carbonyl (C=O) groups excluding carboxylic acids is 1. The molecule has 4 nitrogen and oxygen atoms in total. The van der Waals surface area contributed by atoms with E-state index in [1.54, 1.807) is 24.0 Å². The molecule has 6 heteroatoms. The van der Waals surface area contributed by atoms with Gasteiger partial charge in [-0.05, 0) is 31.5 Å². The summed E-state index contributed by atoms with van der Waals surface area (Å²) >= 11 is 1.44. The van der Waals surface area contributed by atoms with Gasteiger partial charge < -0.3 is 10.0 Å². The van der Waals surface area contributed by atoms with E-state index in [9.17, 15) is 14.0 Å². The molecule has 1 N–H and O–H groups in total. The van der Waals surface area contributed by atoms with E-state index in [0.717, 1.165) is 5.56 Å². The molecule has 1 unspecified atom stereocenters. The van der Waals surface area contributed by atoms with Crippen molar-refractivity contribution in [2.24, 2.45) is 0 Å². The number of benzene rings is 1. The predicted octanol–water partition coefficient (Wildman–Crippen LogP) is 2.77. The molecule has 1 atom stereocenters. The smallest absolute Gasteiger partial charge is 0.305 e. The minimum atomic E-state index is -0.910. The Labute approximate surface area is 128 Å². The standard InChI is InChI=1S/C15H20FNO3S/c1-3-17(11(2)8-15(19)20)14(18)10-21-9-12-4-6-13(16)7-5-12/h4-7,11H,3,8-10H2,1-2H3,(H,19,20). The van der Waals surface area contributed by atoms with Crippen molar-refractivity contribution in [2.75, 3.05) is 12.3 Å². The monoisotopic (exact) mass is 313 g/mol. The highest BCUT2D eigenvalue weighted by atomic mass is 32.2. The molecule has 0 saturated heterocycles. The first-order valence-electron chi connectivity index (χ1n) is 6.77. The van der Waals surface area contributed by atoms with Gasteiger partial charge in [-0.15, -0.1) is 11.8 Å². The zero-order valence-electron chi connectivity index (χ0n) is 12.2. The summed E-state index contributed by atoms with van der Waals surface area (Å²) in [7, 11) is 0. The lowest BCUT2D eigenvalue weighted by Crippen LogP contribution is -2.40. The van der Waals surface area contributed by atoms with Gasteiger partial charge in [-0.3, -0.25) is 9.59 Å². The molecule has 0 fully saturated rings. The molecule has 0 aliphatic heterocycles. The van der Waals surface area contributed by atoms with E-state index in [4.69, 9.17) is 5.11 Å². The van der Waals surface area contributed by atoms with Crippen molar-refractivity contribution in [3.63, 3.8) is 0 Å². The van der Waals surface area contributed by atoms with Crippen LogP contribution in [0.1, 0.15) is 25.8 Å². The van der Waals surface area contributed by atoms with Crippen LogP contribution in [0.4, 0.5) is 4.39 Å². The first-order chi connectivity index (χ1) is 9.93. The Morgan fingerprint density at radius 3 is 2.48 bits per heavy atom. The minimum absolute atomic E-state index is 0.0534.